The molecule has 0 spiro atoms. The first-order chi connectivity index (χ1) is 9.33. The van der Waals surface area contributed by atoms with Crippen LogP contribution in [0.1, 0.15) is 43.8 Å². The summed E-state index contributed by atoms with van der Waals surface area (Å²) in [5, 5.41) is 14.2. The lowest BCUT2D eigenvalue weighted by molar-refractivity contribution is -0.134. The Morgan fingerprint density at radius 3 is 2.95 bits per heavy atom. The second kappa shape index (κ2) is 4.28. The Morgan fingerprint density at radius 2 is 2.21 bits per heavy atom. The molecule has 4 rings (SSSR count). The molecule has 6 nitrogen and oxygen atoms in total. The van der Waals surface area contributed by atoms with E-state index in [9.17, 15) is 4.79 Å². The molecule has 0 radical (unpaired) electrons. The number of nitrogens with zero attached hydrogens (tertiary/aromatic N) is 4. The van der Waals surface area contributed by atoms with Gasteiger partial charge < -0.3 is 4.90 Å². The molecular formula is C13H19N5O. The molecule has 102 valence electrons. The maximum atomic E-state index is 12.5. The lowest BCUT2D eigenvalue weighted by Gasteiger charge is -2.31. The van der Waals surface area contributed by atoms with Gasteiger partial charge in [0, 0.05) is 24.9 Å². The number of nitrogens with one attached hydrogen (secondary N) is 1. The van der Waals surface area contributed by atoms with Gasteiger partial charge in [0.1, 0.15) is 0 Å². The van der Waals surface area contributed by atoms with Crippen LogP contribution in [0.4, 0.5) is 0 Å². The van der Waals surface area contributed by atoms with Crippen molar-refractivity contribution < 1.29 is 4.79 Å². The molecule has 2 aliphatic carbocycles. The minimum absolute atomic E-state index is 0.259. The van der Waals surface area contributed by atoms with Crippen molar-refractivity contribution in [1.29, 1.82) is 0 Å². The molecule has 1 aromatic rings. The van der Waals surface area contributed by atoms with Crippen LogP contribution in [-0.4, -0.2) is 44.5 Å². The number of hydrogen-bond acceptors (Lipinski definition) is 4. The van der Waals surface area contributed by atoms with Crippen LogP contribution in [0, 0.1) is 17.8 Å². The number of carbonyl (C=O) groups excluding carboxylic acids is 1. The zero-order chi connectivity index (χ0) is 12.8. The van der Waals surface area contributed by atoms with E-state index in [1.807, 2.05) is 4.90 Å². The van der Waals surface area contributed by atoms with Gasteiger partial charge in [-0.2, -0.15) is 5.21 Å². The maximum absolute atomic E-state index is 12.5. The summed E-state index contributed by atoms with van der Waals surface area (Å²) in [5.74, 6) is 3.30. The Hall–Kier alpha value is -1.46. The highest BCUT2D eigenvalue weighted by Crippen LogP contribution is 2.55. The van der Waals surface area contributed by atoms with Crippen LogP contribution in [0.2, 0.25) is 0 Å². The van der Waals surface area contributed by atoms with Crippen molar-refractivity contribution >= 4 is 5.91 Å². The van der Waals surface area contributed by atoms with E-state index in [4.69, 9.17) is 0 Å². The van der Waals surface area contributed by atoms with Crippen LogP contribution >= 0.6 is 0 Å². The molecule has 0 bridgehead atoms. The summed E-state index contributed by atoms with van der Waals surface area (Å²) in [7, 11) is 0. The number of tetrazole rings is 1. The van der Waals surface area contributed by atoms with Crippen molar-refractivity contribution in [3.05, 3.63) is 5.82 Å². The number of carbonyl (C=O) groups is 1. The van der Waals surface area contributed by atoms with Gasteiger partial charge in [-0.05, 0) is 43.9 Å². The number of piperidine rings is 1. The quantitative estimate of drug-likeness (QED) is 0.879. The molecular weight excluding hydrogens is 242 g/mol. The molecule has 0 aromatic carbocycles. The van der Waals surface area contributed by atoms with Gasteiger partial charge >= 0.3 is 0 Å². The van der Waals surface area contributed by atoms with Crippen molar-refractivity contribution in [3.63, 3.8) is 0 Å². The number of aromatic amines is 1. The molecule has 2 saturated carbocycles. The van der Waals surface area contributed by atoms with E-state index < -0.39 is 0 Å². The zero-order valence-electron chi connectivity index (χ0n) is 11.0. The Balaban J connectivity index is 1.39. The summed E-state index contributed by atoms with van der Waals surface area (Å²) < 4.78 is 0. The molecule has 2 heterocycles. The van der Waals surface area contributed by atoms with Crippen LogP contribution in [0.25, 0.3) is 0 Å². The molecule has 1 aromatic heterocycles. The van der Waals surface area contributed by atoms with E-state index in [-0.39, 0.29) is 5.92 Å². The van der Waals surface area contributed by atoms with Crippen molar-refractivity contribution in [1.82, 2.24) is 25.5 Å². The van der Waals surface area contributed by atoms with Gasteiger partial charge in [-0.1, -0.05) is 5.21 Å². The molecule has 3 aliphatic rings. The van der Waals surface area contributed by atoms with E-state index in [2.05, 4.69) is 20.6 Å². The Bertz CT molecular complexity index is 469. The van der Waals surface area contributed by atoms with Gasteiger partial charge in [-0.15, -0.1) is 10.2 Å². The van der Waals surface area contributed by atoms with E-state index in [1.54, 1.807) is 0 Å². The number of aromatic nitrogens is 4. The van der Waals surface area contributed by atoms with Crippen LogP contribution in [-0.2, 0) is 4.79 Å². The minimum atomic E-state index is 0.259. The minimum Gasteiger partial charge on any atom is -0.342 e. The smallest absolute Gasteiger partial charge is 0.226 e. The number of amides is 1. The molecule has 6 heteroatoms. The highest BCUT2D eigenvalue weighted by atomic mass is 16.2. The fourth-order valence-electron chi connectivity index (χ4n) is 3.51. The summed E-state index contributed by atoms with van der Waals surface area (Å²) in [6.07, 6.45) is 5.93. The summed E-state index contributed by atoms with van der Waals surface area (Å²) >= 11 is 0. The van der Waals surface area contributed by atoms with Crippen LogP contribution in [0.3, 0.4) is 0 Å². The third kappa shape index (κ3) is 2.13. The standard InChI is InChI=1S/C13H19N5O/c19-13(11-6-10(11)8-3-4-8)18-5-1-2-9(7-18)12-14-16-17-15-12/h8-11H,1-7H2,(H,14,15,16,17)/t9-,10+,11+/m0/s1. The van der Waals surface area contributed by atoms with Crippen LogP contribution < -0.4 is 0 Å². The average Bonchev–Trinajstić information content (AvgIpc) is 3.35. The molecule has 3 fully saturated rings. The van der Waals surface area contributed by atoms with Crippen LogP contribution in [0.15, 0.2) is 0 Å². The van der Waals surface area contributed by atoms with Crippen LogP contribution in [0.5, 0.6) is 0 Å². The fourth-order valence-corrected chi connectivity index (χ4v) is 3.51. The van der Waals surface area contributed by atoms with Gasteiger partial charge in [-0.25, -0.2) is 0 Å². The predicted octanol–water partition coefficient (Wildman–Crippen LogP) is 0.952. The van der Waals surface area contributed by atoms with Gasteiger partial charge in [0.25, 0.3) is 0 Å². The first-order valence-electron chi connectivity index (χ1n) is 7.35. The molecule has 19 heavy (non-hydrogen) atoms. The van der Waals surface area contributed by atoms with Gasteiger partial charge in [-0.3, -0.25) is 4.79 Å². The SMILES string of the molecule is O=C([C@@H]1C[C@@H]1C1CC1)N1CCC[C@H](c2nn[nH]n2)C1. The topological polar surface area (TPSA) is 74.8 Å². The lowest BCUT2D eigenvalue weighted by atomic mass is 9.97. The van der Waals surface area contributed by atoms with Crippen molar-refractivity contribution in [3.8, 4) is 0 Å². The van der Waals surface area contributed by atoms with E-state index in [0.29, 0.717) is 17.7 Å². The summed E-state index contributed by atoms with van der Waals surface area (Å²) in [6, 6.07) is 0. The number of rotatable bonds is 3. The average molecular weight is 261 g/mol. The highest BCUT2D eigenvalue weighted by molar-refractivity contribution is 5.82. The number of H-pyrrole nitrogens is 1. The van der Waals surface area contributed by atoms with E-state index in [1.165, 1.54) is 12.8 Å². The zero-order valence-corrected chi connectivity index (χ0v) is 11.0. The lowest BCUT2D eigenvalue weighted by Crippen LogP contribution is -2.40. The Kier molecular flexibility index (Phi) is 2.56. The third-order valence-corrected chi connectivity index (χ3v) is 4.84. The molecule has 1 N–H and O–H groups in total. The monoisotopic (exact) mass is 261 g/mol. The van der Waals surface area contributed by atoms with E-state index in [0.717, 1.165) is 44.1 Å². The Morgan fingerprint density at radius 1 is 1.32 bits per heavy atom. The number of likely N-dealkylation sites (tertiary alicyclic amines) is 1. The molecule has 1 aliphatic heterocycles. The van der Waals surface area contributed by atoms with Crippen molar-refractivity contribution in [2.45, 2.75) is 38.0 Å². The number of hydrogen-bond donors (Lipinski definition) is 1. The van der Waals surface area contributed by atoms with Gasteiger partial charge in [0.2, 0.25) is 5.91 Å². The highest BCUT2D eigenvalue weighted by Gasteiger charge is 2.52. The maximum Gasteiger partial charge on any atom is 0.226 e. The second-order valence-corrected chi connectivity index (χ2v) is 6.24. The van der Waals surface area contributed by atoms with Crippen molar-refractivity contribution in [2.75, 3.05) is 13.1 Å². The predicted molar refractivity (Wildman–Crippen MR) is 67.1 cm³/mol. The summed E-state index contributed by atoms with van der Waals surface area (Å²) in [5.41, 5.74) is 0. The molecule has 1 saturated heterocycles. The van der Waals surface area contributed by atoms with E-state index >= 15 is 0 Å². The molecule has 1 amide bonds. The fraction of sp³-hybridized carbons (Fsp3) is 0.846. The summed E-state index contributed by atoms with van der Waals surface area (Å²) in [6.45, 7) is 1.67. The van der Waals surface area contributed by atoms with Gasteiger partial charge in [0.15, 0.2) is 5.82 Å². The normalized spacial score (nSPS) is 34.3. The third-order valence-electron chi connectivity index (χ3n) is 4.84. The second-order valence-electron chi connectivity index (χ2n) is 6.24. The largest absolute Gasteiger partial charge is 0.342 e. The molecule has 3 atom stereocenters. The first kappa shape index (κ1) is 11.4. The van der Waals surface area contributed by atoms with Crippen molar-refractivity contribution in [2.24, 2.45) is 17.8 Å². The summed E-state index contributed by atoms with van der Waals surface area (Å²) in [4.78, 5) is 14.5. The molecule has 0 unspecified atom stereocenters. The van der Waals surface area contributed by atoms with Gasteiger partial charge in [0.05, 0.1) is 0 Å². The Labute approximate surface area is 111 Å². The first-order valence-corrected chi connectivity index (χ1v) is 7.35.